The molecule has 6 heteroatoms. The quantitative estimate of drug-likeness (QED) is 0.795. The third-order valence-electron chi connectivity index (χ3n) is 3.79. The van der Waals surface area contributed by atoms with E-state index in [-0.39, 0.29) is 0 Å². The summed E-state index contributed by atoms with van der Waals surface area (Å²) in [5.74, 6) is 0.387. The van der Waals surface area contributed by atoms with E-state index in [1.165, 1.54) is 5.56 Å². The van der Waals surface area contributed by atoms with Crippen LogP contribution in [0.5, 0.6) is 0 Å². The van der Waals surface area contributed by atoms with Crippen LogP contribution in [0.4, 0.5) is 5.95 Å². The van der Waals surface area contributed by atoms with Crippen molar-refractivity contribution >= 4 is 11.6 Å². The standard InChI is InChI=1S/C15H18N6/c1-10(20(2)3)11-4-6-12(7-5-11)13-8-14-19-17-9-21(14)15(16)18-13/h4-10H,1-3H3,(H2,16,18)/t10-/m1/s1. The minimum Gasteiger partial charge on any atom is -0.369 e. The molecule has 0 fully saturated rings. The maximum Gasteiger partial charge on any atom is 0.207 e. The van der Waals surface area contributed by atoms with Crippen LogP contribution in [0, 0.1) is 0 Å². The summed E-state index contributed by atoms with van der Waals surface area (Å²) in [5, 5.41) is 7.86. The lowest BCUT2D eigenvalue weighted by Crippen LogP contribution is -2.16. The smallest absolute Gasteiger partial charge is 0.207 e. The molecule has 2 heterocycles. The number of rotatable bonds is 3. The summed E-state index contributed by atoms with van der Waals surface area (Å²) in [6.45, 7) is 2.17. The SMILES string of the molecule is C[C@H](c1ccc(-c2cc3nncn3c(N)n2)cc1)N(C)C. The maximum atomic E-state index is 5.92. The number of benzene rings is 1. The maximum absolute atomic E-state index is 5.92. The first-order chi connectivity index (χ1) is 10.1. The number of hydrogen-bond donors (Lipinski definition) is 1. The van der Waals surface area contributed by atoms with Crippen molar-refractivity contribution in [1.82, 2.24) is 24.5 Å². The van der Waals surface area contributed by atoms with Crippen LogP contribution in [-0.2, 0) is 0 Å². The average Bonchev–Trinajstić information content (AvgIpc) is 2.95. The van der Waals surface area contributed by atoms with E-state index < -0.39 is 0 Å². The summed E-state index contributed by atoms with van der Waals surface area (Å²) in [7, 11) is 4.14. The Bertz CT molecular complexity index is 759. The normalized spacial score (nSPS) is 13.0. The van der Waals surface area contributed by atoms with E-state index in [0.717, 1.165) is 11.3 Å². The van der Waals surface area contributed by atoms with Crippen LogP contribution in [0.3, 0.4) is 0 Å². The van der Waals surface area contributed by atoms with Gasteiger partial charge in [0.15, 0.2) is 5.65 Å². The number of aromatic nitrogens is 4. The van der Waals surface area contributed by atoms with Crippen LogP contribution < -0.4 is 5.73 Å². The van der Waals surface area contributed by atoms with E-state index in [1.54, 1.807) is 10.7 Å². The van der Waals surface area contributed by atoms with Crippen LogP contribution in [0.25, 0.3) is 16.9 Å². The summed E-state index contributed by atoms with van der Waals surface area (Å²) in [6, 6.07) is 10.6. The predicted octanol–water partition coefficient (Wildman–Crippen LogP) is 2.00. The molecule has 0 amide bonds. The third-order valence-corrected chi connectivity index (χ3v) is 3.79. The first kappa shape index (κ1) is 13.5. The highest BCUT2D eigenvalue weighted by molar-refractivity contribution is 5.65. The lowest BCUT2D eigenvalue weighted by Gasteiger charge is -2.20. The number of hydrogen-bond acceptors (Lipinski definition) is 5. The first-order valence-corrected chi connectivity index (χ1v) is 6.79. The number of nitrogens with zero attached hydrogens (tertiary/aromatic N) is 5. The fourth-order valence-corrected chi connectivity index (χ4v) is 2.23. The molecule has 0 bridgehead atoms. The van der Waals surface area contributed by atoms with Crippen molar-refractivity contribution in [3.63, 3.8) is 0 Å². The van der Waals surface area contributed by atoms with Gasteiger partial charge in [0.05, 0.1) is 5.69 Å². The van der Waals surface area contributed by atoms with E-state index in [0.29, 0.717) is 17.6 Å². The van der Waals surface area contributed by atoms with Crippen LogP contribution in [-0.4, -0.2) is 38.6 Å². The molecule has 1 atom stereocenters. The highest BCUT2D eigenvalue weighted by Gasteiger charge is 2.10. The Labute approximate surface area is 123 Å². The summed E-state index contributed by atoms with van der Waals surface area (Å²) in [6.07, 6.45) is 1.56. The molecule has 1 aromatic carbocycles. The third kappa shape index (κ3) is 2.45. The van der Waals surface area contributed by atoms with Gasteiger partial charge in [0.1, 0.15) is 6.33 Å². The van der Waals surface area contributed by atoms with Crippen molar-refractivity contribution in [2.45, 2.75) is 13.0 Å². The van der Waals surface area contributed by atoms with E-state index in [1.807, 2.05) is 6.07 Å². The molecule has 2 N–H and O–H groups in total. The summed E-state index contributed by atoms with van der Waals surface area (Å²) >= 11 is 0. The van der Waals surface area contributed by atoms with Crippen LogP contribution in [0.15, 0.2) is 36.7 Å². The highest BCUT2D eigenvalue weighted by atomic mass is 15.3. The van der Waals surface area contributed by atoms with E-state index >= 15 is 0 Å². The Hall–Kier alpha value is -2.47. The van der Waals surface area contributed by atoms with E-state index in [9.17, 15) is 0 Å². The van der Waals surface area contributed by atoms with Gasteiger partial charge in [-0.25, -0.2) is 4.98 Å². The van der Waals surface area contributed by atoms with Gasteiger partial charge in [0, 0.05) is 17.7 Å². The summed E-state index contributed by atoms with van der Waals surface area (Å²) < 4.78 is 1.66. The lowest BCUT2D eigenvalue weighted by atomic mass is 10.0. The zero-order valence-electron chi connectivity index (χ0n) is 12.4. The molecule has 3 rings (SSSR count). The van der Waals surface area contributed by atoms with Gasteiger partial charge >= 0.3 is 0 Å². The van der Waals surface area contributed by atoms with Gasteiger partial charge in [-0.3, -0.25) is 4.40 Å². The van der Waals surface area contributed by atoms with Gasteiger partial charge in [0.25, 0.3) is 0 Å². The zero-order chi connectivity index (χ0) is 15.0. The molecule has 2 aromatic heterocycles. The molecule has 0 saturated carbocycles. The molecular formula is C15H18N6. The van der Waals surface area contributed by atoms with Gasteiger partial charge in [-0.2, -0.15) is 0 Å². The molecule has 0 aliphatic heterocycles. The summed E-state index contributed by atoms with van der Waals surface area (Å²) in [4.78, 5) is 6.58. The first-order valence-electron chi connectivity index (χ1n) is 6.79. The Balaban J connectivity index is 1.99. The second-order valence-corrected chi connectivity index (χ2v) is 5.32. The minimum atomic E-state index is 0.371. The van der Waals surface area contributed by atoms with Gasteiger partial charge in [-0.15, -0.1) is 10.2 Å². The zero-order valence-corrected chi connectivity index (χ0v) is 12.4. The van der Waals surface area contributed by atoms with E-state index in [2.05, 4.69) is 65.4 Å². The van der Waals surface area contributed by atoms with Crippen molar-refractivity contribution in [2.75, 3.05) is 19.8 Å². The predicted molar refractivity (Wildman–Crippen MR) is 82.7 cm³/mol. The second-order valence-electron chi connectivity index (χ2n) is 5.32. The van der Waals surface area contributed by atoms with Gasteiger partial charge < -0.3 is 10.6 Å². The Kier molecular flexibility index (Phi) is 3.31. The molecule has 6 nitrogen and oxygen atoms in total. The van der Waals surface area contributed by atoms with Crippen molar-refractivity contribution in [1.29, 1.82) is 0 Å². The number of nitrogens with two attached hydrogens (primary N) is 1. The summed E-state index contributed by atoms with van der Waals surface area (Å²) in [5.41, 5.74) is 9.70. The van der Waals surface area contributed by atoms with Gasteiger partial charge in [-0.1, -0.05) is 24.3 Å². The molecule has 0 radical (unpaired) electrons. The van der Waals surface area contributed by atoms with Crippen molar-refractivity contribution in [2.24, 2.45) is 0 Å². The number of fused-ring (bicyclic) bond motifs is 1. The Morgan fingerprint density at radius 2 is 1.90 bits per heavy atom. The molecule has 0 saturated heterocycles. The fourth-order valence-electron chi connectivity index (χ4n) is 2.23. The van der Waals surface area contributed by atoms with Crippen LogP contribution >= 0.6 is 0 Å². The topological polar surface area (TPSA) is 72.3 Å². The minimum absolute atomic E-state index is 0.371. The molecule has 0 unspecified atom stereocenters. The molecule has 0 spiro atoms. The van der Waals surface area contributed by atoms with Crippen molar-refractivity contribution in [3.05, 3.63) is 42.2 Å². The van der Waals surface area contributed by atoms with E-state index in [4.69, 9.17) is 5.73 Å². The molecule has 0 aliphatic carbocycles. The van der Waals surface area contributed by atoms with Gasteiger partial charge in [0.2, 0.25) is 5.95 Å². The molecule has 21 heavy (non-hydrogen) atoms. The number of anilines is 1. The monoisotopic (exact) mass is 282 g/mol. The fraction of sp³-hybridized carbons (Fsp3) is 0.267. The molecule has 3 aromatic rings. The van der Waals surface area contributed by atoms with Gasteiger partial charge in [-0.05, 0) is 26.6 Å². The number of nitrogen functional groups attached to an aromatic ring is 1. The Morgan fingerprint density at radius 1 is 1.19 bits per heavy atom. The Morgan fingerprint density at radius 3 is 2.57 bits per heavy atom. The second kappa shape index (κ2) is 5.14. The van der Waals surface area contributed by atoms with Crippen molar-refractivity contribution < 1.29 is 0 Å². The molecule has 0 aliphatic rings. The largest absolute Gasteiger partial charge is 0.369 e. The van der Waals surface area contributed by atoms with Crippen LogP contribution in [0.2, 0.25) is 0 Å². The average molecular weight is 282 g/mol. The molecule has 108 valence electrons. The van der Waals surface area contributed by atoms with Crippen molar-refractivity contribution in [3.8, 4) is 11.3 Å². The highest BCUT2D eigenvalue weighted by Crippen LogP contribution is 2.23. The lowest BCUT2D eigenvalue weighted by molar-refractivity contribution is 0.321. The van der Waals surface area contributed by atoms with Crippen LogP contribution in [0.1, 0.15) is 18.5 Å². The molecular weight excluding hydrogens is 264 g/mol.